The number of hydrogen-bond acceptors (Lipinski definition) is 4. The van der Waals surface area contributed by atoms with E-state index in [4.69, 9.17) is 17.3 Å². The molecule has 4 rings (SSSR count). The van der Waals surface area contributed by atoms with E-state index in [-0.39, 0.29) is 6.04 Å². The monoisotopic (exact) mass is 341 g/mol. The molecule has 0 radical (unpaired) electrons. The summed E-state index contributed by atoms with van der Waals surface area (Å²) in [5.74, 6) is 0.801. The third-order valence-electron chi connectivity index (χ3n) is 4.62. The molecular formula is C18H20ClN5. The van der Waals surface area contributed by atoms with Crippen molar-refractivity contribution >= 4 is 28.5 Å². The average molecular weight is 342 g/mol. The summed E-state index contributed by atoms with van der Waals surface area (Å²) in [6.07, 6.45) is 8.09. The molecule has 4 N–H and O–H groups in total. The van der Waals surface area contributed by atoms with E-state index in [2.05, 4.69) is 26.3 Å². The molecular weight excluding hydrogens is 322 g/mol. The number of nitrogens with two attached hydrogens (primary N) is 1. The van der Waals surface area contributed by atoms with E-state index < -0.39 is 0 Å². The van der Waals surface area contributed by atoms with Gasteiger partial charge in [0, 0.05) is 35.4 Å². The predicted octanol–water partition coefficient (Wildman–Crippen LogP) is 3.96. The first-order chi connectivity index (χ1) is 11.7. The number of anilines is 1. The second kappa shape index (κ2) is 6.42. The van der Waals surface area contributed by atoms with Gasteiger partial charge in [-0.3, -0.25) is 0 Å². The van der Waals surface area contributed by atoms with Gasteiger partial charge in [-0.25, -0.2) is 9.97 Å². The third-order valence-corrected chi connectivity index (χ3v) is 4.82. The van der Waals surface area contributed by atoms with Crippen LogP contribution in [-0.2, 0) is 0 Å². The van der Waals surface area contributed by atoms with Crippen LogP contribution in [0.2, 0.25) is 5.15 Å². The Morgan fingerprint density at radius 1 is 1.29 bits per heavy atom. The fourth-order valence-electron chi connectivity index (χ4n) is 3.49. The van der Waals surface area contributed by atoms with Crippen molar-refractivity contribution in [2.45, 2.75) is 37.8 Å². The van der Waals surface area contributed by atoms with Crippen molar-refractivity contribution in [2.24, 2.45) is 5.73 Å². The van der Waals surface area contributed by atoms with Gasteiger partial charge in [0.05, 0.1) is 0 Å². The number of pyridine rings is 2. The van der Waals surface area contributed by atoms with Crippen molar-refractivity contribution in [3.8, 4) is 11.1 Å². The van der Waals surface area contributed by atoms with Gasteiger partial charge >= 0.3 is 0 Å². The lowest BCUT2D eigenvalue weighted by atomic mass is 9.91. The highest BCUT2D eigenvalue weighted by Gasteiger charge is 2.20. The largest absolute Gasteiger partial charge is 0.367 e. The van der Waals surface area contributed by atoms with Gasteiger partial charge in [0.1, 0.15) is 16.6 Å². The number of fused-ring (bicyclic) bond motifs is 1. The number of aromatic amines is 1. The first kappa shape index (κ1) is 15.4. The van der Waals surface area contributed by atoms with Crippen LogP contribution in [0.5, 0.6) is 0 Å². The zero-order valence-electron chi connectivity index (χ0n) is 13.3. The first-order valence-electron chi connectivity index (χ1n) is 8.31. The van der Waals surface area contributed by atoms with E-state index in [0.717, 1.165) is 53.7 Å². The molecule has 0 spiro atoms. The number of aromatic nitrogens is 3. The second-order valence-corrected chi connectivity index (χ2v) is 6.82. The molecule has 0 amide bonds. The summed E-state index contributed by atoms with van der Waals surface area (Å²) in [5, 5.41) is 5.06. The van der Waals surface area contributed by atoms with E-state index in [1.54, 1.807) is 6.20 Å². The zero-order chi connectivity index (χ0) is 16.5. The summed E-state index contributed by atoms with van der Waals surface area (Å²) in [6.45, 7) is 0. The number of hydrogen-bond donors (Lipinski definition) is 3. The van der Waals surface area contributed by atoms with Crippen LogP contribution in [0.1, 0.15) is 25.7 Å². The van der Waals surface area contributed by atoms with Crippen LogP contribution in [0.3, 0.4) is 0 Å². The molecule has 5 nitrogen and oxygen atoms in total. The maximum absolute atomic E-state index is 6.26. The van der Waals surface area contributed by atoms with Crippen LogP contribution in [0.25, 0.3) is 22.2 Å². The van der Waals surface area contributed by atoms with Gasteiger partial charge in [-0.15, -0.1) is 0 Å². The molecule has 1 aliphatic rings. The molecule has 2 unspecified atom stereocenters. The number of nitrogens with zero attached hydrogens (tertiary/aromatic N) is 2. The summed E-state index contributed by atoms with van der Waals surface area (Å²) >= 11 is 6.26. The molecule has 1 saturated carbocycles. The van der Waals surface area contributed by atoms with Crippen LogP contribution in [0.4, 0.5) is 5.82 Å². The number of rotatable bonds is 3. The molecule has 0 bridgehead atoms. The summed E-state index contributed by atoms with van der Waals surface area (Å²) in [5.41, 5.74) is 9.05. The predicted molar refractivity (Wildman–Crippen MR) is 98.2 cm³/mol. The topological polar surface area (TPSA) is 79.6 Å². The highest BCUT2D eigenvalue weighted by molar-refractivity contribution is 6.29. The minimum absolute atomic E-state index is 0.273. The van der Waals surface area contributed by atoms with E-state index >= 15 is 0 Å². The minimum atomic E-state index is 0.273. The zero-order valence-corrected chi connectivity index (χ0v) is 14.1. The molecule has 1 fully saturated rings. The number of halogens is 1. The minimum Gasteiger partial charge on any atom is -0.367 e. The maximum Gasteiger partial charge on any atom is 0.137 e. The van der Waals surface area contributed by atoms with Gasteiger partial charge in [-0.2, -0.15) is 0 Å². The lowest BCUT2D eigenvalue weighted by Gasteiger charge is -2.27. The quantitative estimate of drug-likeness (QED) is 0.630. The van der Waals surface area contributed by atoms with Crippen molar-refractivity contribution in [1.82, 2.24) is 15.0 Å². The molecule has 0 aliphatic heterocycles. The van der Waals surface area contributed by atoms with Crippen molar-refractivity contribution in [1.29, 1.82) is 0 Å². The first-order valence-corrected chi connectivity index (χ1v) is 8.69. The van der Waals surface area contributed by atoms with Crippen molar-refractivity contribution in [3.05, 3.63) is 41.8 Å². The van der Waals surface area contributed by atoms with E-state index in [1.165, 1.54) is 0 Å². The Bertz CT molecular complexity index is 859. The molecule has 3 aromatic rings. The Labute approximate surface area is 145 Å². The SMILES string of the molecule is NC1CCCC(Nc2cc(-c3c[nH]c4ncccc34)cc(Cl)n2)C1. The third kappa shape index (κ3) is 3.09. The molecule has 0 aromatic carbocycles. The highest BCUT2D eigenvalue weighted by Crippen LogP contribution is 2.31. The standard InChI is InChI=1S/C18H20ClN5/c19-16-7-11(15-10-22-18-14(15)5-2-6-21-18)8-17(24-16)23-13-4-1-3-12(20)9-13/h2,5-8,10,12-13H,1,3-4,9,20H2,(H,21,22)(H,23,24). The number of nitrogens with one attached hydrogen (secondary N) is 2. The van der Waals surface area contributed by atoms with Crippen LogP contribution in [-0.4, -0.2) is 27.0 Å². The molecule has 3 aromatic heterocycles. The molecule has 124 valence electrons. The lowest BCUT2D eigenvalue weighted by molar-refractivity contribution is 0.409. The molecule has 2 atom stereocenters. The molecule has 3 heterocycles. The molecule has 1 aliphatic carbocycles. The Kier molecular flexibility index (Phi) is 4.12. The Morgan fingerprint density at radius 2 is 2.21 bits per heavy atom. The van der Waals surface area contributed by atoms with Crippen molar-refractivity contribution < 1.29 is 0 Å². The van der Waals surface area contributed by atoms with Crippen molar-refractivity contribution in [3.63, 3.8) is 0 Å². The normalized spacial score (nSPS) is 21.1. The van der Waals surface area contributed by atoms with Gasteiger partial charge in [-0.1, -0.05) is 11.6 Å². The van der Waals surface area contributed by atoms with E-state index in [1.807, 2.05) is 24.4 Å². The Hall–Kier alpha value is -2.11. The fraction of sp³-hybridized carbons (Fsp3) is 0.333. The molecule has 6 heteroatoms. The van der Waals surface area contributed by atoms with Gasteiger partial charge in [0.15, 0.2) is 0 Å². The van der Waals surface area contributed by atoms with Crippen LogP contribution in [0.15, 0.2) is 36.7 Å². The van der Waals surface area contributed by atoms with Crippen LogP contribution in [0, 0.1) is 0 Å². The van der Waals surface area contributed by atoms with Gasteiger partial charge in [0.25, 0.3) is 0 Å². The Balaban J connectivity index is 1.66. The van der Waals surface area contributed by atoms with Crippen LogP contribution < -0.4 is 11.1 Å². The smallest absolute Gasteiger partial charge is 0.137 e. The molecule has 0 saturated heterocycles. The lowest BCUT2D eigenvalue weighted by Crippen LogP contribution is -2.35. The average Bonchev–Trinajstić information content (AvgIpc) is 2.98. The summed E-state index contributed by atoms with van der Waals surface area (Å²) < 4.78 is 0. The van der Waals surface area contributed by atoms with Crippen molar-refractivity contribution in [2.75, 3.05) is 5.32 Å². The summed E-state index contributed by atoms with van der Waals surface area (Å²) in [6, 6.07) is 8.55. The fourth-order valence-corrected chi connectivity index (χ4v) is 3.70. The summed E-state index contributed by atoms with van der Waals surface area (Å²) in [7, 11) is 0. The second-order valence-electron chi connectivity index (χ2n) is 6.43. The van der Waals surface area contributed by atoms with Crippen LogP contribution >= 0.6 is 11.6 Å². The van der Waals surface area contributed by atoms with E-state index in [0.29, 0.717) is 11.2 Å². The summed E-state index contributed by atoms with van der Waals surface area (Å²) in [4.78, 5) is 12.0. The van der Waals surface area contributed by atoms with E-state index in [9.17, 15) is 0 Å². The van der Waals surface area contributed by atoms with Gasteiger partial charge in [0.2, 0.25) is 0 Å². The molecule has 24 heavy (non-hydrogen) atoms. The Morgan fingerprint density at radius 3 is 3.08 bits per heavy atom. The maximum atomic E-state index is 6.26. The highest BCUT2D eigenvalue weighted by atomic mass is 35.5. The number of H-pyrrole nitrogens is 1. The van der Waals surface area contributed by atoms with Gasteiger partial charge < -0.3 is 16.0 Å². The van der Waals surface area contributed by atoms with Gasteiger partial charge in [-0.05, 0) is 55.5 Å².